The molecule has 0 atom stereocenters. The first kappa shape index (κ1) is 26.4. The molecule has 0 unspecified atom stereocenters. The van der Waals surface area contributed by atoms with Gasteiger partial charge in [-0.25, -0.2) is 8.42 Å². The highest BCUT2D eigenvalue weighted by atomic mass is 127. The molecule has 2 rings (SSSR count). The minimum Gasteiger partial charge on any atom is -0.378 e. The number of benzene rings is 1. The number of piperazine rings is 1. The van der Waals surface area contributed by atoms with Crippen molar-refractivity contribution >= 4 is 51.6 Å². The van der Waals surface area contributed by atoms with Gasteiger partial charge in [0.15, 0.2) is 5.96 Å². The molecular formula is C19H32ClIN4O3S. The number of halogens is 2. The van der Waals surface area contributed by atoms with E-state index in [-0.39, 0.29) is 42.4 Å². The average molecular weight is 559 g/mol. The zero-order valence-electron chi connectivity index (χ0n) is 17.3. The van der Waals surface area contributed by atoms with Crippen molar-refractivity contribution in [2.24, 2.45) is 4.99 Å². The van der Waals surface area contributed by atoms with Gasteiger partial charge in [0.1, 0.15) is 0 Å². The Morgan fingerprint density at radius 2 is 1.90 bits per heavy atom. The summed E-state index contributed by atoms with van der Waals surface area (Å²) >= 11 is 6.19. The molecule has 1 N–H and O–H groups in total. The number of guanidine groups is 1. The molecule has 0 spiro atoms. The highest BCUT2D eigenvalue weighted by molar-refractivity contribution is 14.0. The van der Waals surface area contributed by atoms with Gasteiger partial charge in [-0.05, 0) is 31.9 Å². The Morgan fingerprint density at radius 1 is 1.24 bits per heavy atom. The molecule has 166 valence electrons. The normalized spacial score (nSPS) is 16.0. The van der Waals surface area contributed by atoms with E-state index in [4.69, 9.17) is 16.3 Å². The van der Waals surface area contributed by atoms with Gasteiger partial charge in [-0.15, -0.1) is 24.0 Å². The number of aliphatic imine (C=N–C) groups is 1. The summed E-state index contributed by atoms with van der Waals surface area (Å²) in [5.74, 6) is 0.808. The molecule has 7 nitrogen and oxygen atoms in total. The van der Waals surface area contributed by atoms with Crippen LogP contribution in [0.25, 0.3) is 0 Å². The third-order valence-electron chi connectivity index (χ3n) is 4.57. The van der Waals surface area contributed by atoms with Crippen LogP contribution in [0, 0.1) is 0 Å². The Bertz CT molecular complexity index is 754. The van der Waals surface area contributed by atoms with Crippen molar-refractivity contribution < 1.29 is 13.2 Å². The van der Waals surface area contributed by atoms with E-state index in [1.807, 2.05) is 38.1 Å². The maximum absolute atomic E-state index is 12.4. The van der Waals surface area contributed by atoms with E-state index in [1.54, 1.807) is 11.4 Å². The van der Waals surface area contributed by atoms with Crippen LogP contribution in [0.1, 0.15) is 19.4 Å². The first-order valence-electron chi connectivity index (χ1n) is 9.62. The average Bonchev–Trinajstić information content (AvgIpc) is 2.66. The predicted octanol–water partition coefficient (Wildman–Crippen LogP) is 2.45. The molecular weight excluding hydrogens is 527 g/mol. The van der Waals surface area contributed by atoms with Gasteiger partial charge in [0.25, 0.3) is 0 Å². The molecule has 1 aromatic rings. The Hall–Kier alpha value is -0.620. The highest BCUT2D eigenvalue weighted by Gasteiger charge is 2.27. The summed E-state index contributed by atoms with van der Waals surface area (Å²) in [6, 6.07) is 7.79. The Labute approximate surface area is 196 Å². The fraction of sp³-hybridized carbons (Fsp3) is 0.632. The Balaban J connectivity index is 0.00000420. The smallest absolute Gasteiger partial charge is 0.216 e. The van der Waals surface area contributed by atoms with E-state index in [1.165, 1.54) is 0 Å². The first-order chi connectivity index (χ1) is 13.3. The molecule has 1 saturated heterocycles. The van der Waals surface area contributed by atoms with Crippen LogP contribution < -0.4 is 5.32 Å². The minimum absolute atomic E-state index is 0. The number of hydrogen-bond acceptors (Lipinski definition) is 4. The second kappa shape index (κ2) is 12.9. The summed E-state index contributed by atoms with van der Waals surface area (Å²) in [5, 5.41) is 4.11. The van der Waals surface area contributed by atoms with E-state index in [0.717, 1.165) is 23.0 Å². The second-order valence-electron chi connectivity index (χ2n) is 6.94. The van der Waals surface area contributed by atoms with Gasteiger partial charge in [-0.2, -0.15) is 4.31 Å². The van der Waals surface area contributed by atoms with Crippen LogP contribution in [0.3, 0.4) is 0 Å². The lowest BCUT2D eigenvalue weighted by atomic mass is 10.1. The van der Waals surface area contributed by atoms with Crippen molar-refractivity contribution in [3.63, 3.8) is 0 Å². The summed E-state index contributed by atoms with van der Waals surface area (Å²) in [4.78, 5) is 6.42. The molecule has 1 aromatic carbocycles. The third kappa shape index (κ3) is 8.56. The molecule has 10 heteroatoms. The van der Waals surface area contributed by atoms with E-state index >= 15 is 0 Å². The van der Waals surface area contributed by atoms with Crippen molar-refractivity contribution in [1.29, 1.82) is 0 Å². The van der Waals surface area contributed by atoms with Gasteiger partial charge in [-0.3, -0.25) is 4.99 Å². The lowest BCUT2D eigenvalue weighted by Crippen LogP contribution is -2.54. The van der Waals surface area contributed by atoms with Crippen LogP contribution in [-0.2, 0) is 21.2 Å². The molecule has 0 amide bonds. The van der Waals surface area contributed by atoms with Crippen molar-refractivity contribution in [1.82, 2.24) is 14.5 Å². The molecule has 29 heavy (non-hydrogen) atoms. The summed E-state index contributed by atoms with van der Waals surface area (Å²) in [5.41, 5.74) is 1.09. The first-order valence-corrected chi connectivity index (χ1v) is 11.6. The molecule has 1 aliphatic rings. The fourth-order valence-electron chi connectivity index (χ4n) is 3.04. The monoisotopic (exact) mass is 558 g/mol. The molecule has 0 radical (unpaired) electrons. The number of sulfonamides is 1. The fourth-order valence-corrected chi connectivity index (χ4v) is 4.55. The molecule has 1 fully saturated rings. The molecule has 1 aliphatic heterocycles. The van der Waals surface area contributed by atoms with Crippen LogP contribution in [0.2, 0.25) is 5.02 Å². The van der Waals surface area contributed by atoms with Crippen LogP contribution in [-0.4, -0.2) is 81.8 Å². The predicted molar refractivity (Wildman–Crippen MR) is 130 cm³/mol. The molecule has 0 aromatic heterocycles. The third-order valence-corrected chi connectivity index (χ3v) is 6.77. The number of hydrogen-bond donors (Lipinski definition) is 1. The van der Waals surface area contributed by atoms with Crippen molar-refractivity contribution in [3.05, 3.63) is 34.9 Å². The lowest BCUT2D eigenvalue weighted by molar-refractivity contribution is 0.0904. The van der Waals surface area contributed by atoms with Gasteiger partial charge < -0.3 is 15.0 Å². The van der Waals surface area contributed by atoms with E-state index in [9.17, 15) is 8.42 Å². The lowest BCUT2D eigenvalue weighted by Gasteiger charge is -2.35. The van der Waals surface area contributed by atoms with E-state index in [0.29, 0.717) is 32.7 Å². The molecule has 0 aliphatic carbocycles. The largest absolute Gasteiger partial charge is 0.378 e. The highest BCUT2D eigenvalue weighted by Crippen LogP contribution is 2.15. The zero-order valence-corrected chi connectivity index (χ0v) is 21.2. The van der Waals surface area contributed by atoms with Crippen LogP contribution in [0.4, 0.5) is 0 Å². The summed E-state index contributed by atoms with van der Waals surface area (Å²) < 4.78 is 31.8. The van der Waals surface area contributed by atoms with Crippen LogP contribution in [0.15, 0.2) is 29.3 Å². The van der Waals surface area contributed by atoms with Gasteiger partial charge in [0.05, 0.1) is 18.5 Å². The van der Waals surface area contributed by atoms with Crippen molar-refractivity contribution in [2.45, 2.75) is 26.4 Å². The molecule has 0 bridgehead atoms. The Morgan fingerprint density at radius 3 is 2.48 bits per heavy atom. The van der Waals surface area contributed by atoms with E-state index in [2.05, 4.69) is 15.2 Å². The second-order valence-corrected chi connectivity index (χ2v) is 9.43. The minimum atomic E-state index is -3.29. The molecule has 0 saturated carbocycles. The summed E-state index contributed by atoms with van der Waals surface area (Å²) in [7, 11) is -1.55. The quantitative estimate of drug-likeness (QED) is 0.301. The van der Waals surface area contributed by atoms with Crippen LogP contribution >= 0.6 is 35.6 Å². The number of rotatable bonds is 8. The topological polar surface area (TPSA) is 74.2 Å². The summed E-state index contributed by atoms with van der Waals surface area (Å²) in [6.07, 6.45) is 0.829. The van der Waals surface area contributed by atoms with Crippen molar-refractivity contribution in [3.8, 4) is 0 Å². The maximum atomic E-state index is 12.4. The SMILES string of the molecule is CN=C(NCCc1ccccc1Cl)N1CCN(S(=O)(=O)CCOC(C)C)CC1.I. The number of ether oxygens (including phenoxy) is 1. The summed E-state index contributed by atoms with van der Waals surface area (Å²) in [6.45, 7) is 6.86. The van der Waals surface area contributed by atoms with E-state index < -0.39 is 10.0 Å². The maximum Gasteiger partial charge on any atom is 0.216 e. The number of nitrogens with one attached hydrogen (secondary N) is 1. The van der Waals surface area contributed by atoms with Gasteiger partial charge in [-0.1, -0.05) is 29.8 Å². The Kier molecular flexibility index (Phi) is 11.8. The zero-order chi connectivity index (χ0) is 20.6. The van der Waals surface area contributed by atoms with Gasteiger partial charge in [0.2, 0.25) is 10.0 Å². The van der Waals surface area contributed by atoms with Gasteiger partial charge >= 0.3 is 0 Å². The molecule has 1 heterocycles. The standard InChI is InChI=1S/C19H31ClN4O3S.HI/c1-16(2)27-14-15-28(25,26)24-12-10-23(11-13-24)19(21-3)22-9-8-17-6-4-5-7-18(17)20;/h4-7,16H,8-15H2,1-3H3,(H,21,22);1H. The van der Waals surface area contributed by atoms with Crippen LogP contribution in [0.5, 0.6) is 0 Å². The number of nitrogens with zero attached hydrogens (tertiary/aromatic N) is 3. The van der Waals surface area contributed by atoms with Gasteiger partial charge in [0, 0.05) is 44.8 Å². The van der Waals surface area contributed by atoms with Crippen molar-refractivity contribution in [2.75, 3.05) is 52.1 Å².